The largest absolute Gasteiger partial charge is 0.396 e. The Morgan fingerprint density at radius 2 is 1.97 bits per heavy atom. The van der Waals surface area contributed by atoms with E-state index in [1.165, 1.54) is 18.5 Å². The Kier molecular flexibility index (Phi) is 4.56. The van der Waals surface area contributed by atoms with E-state index in [-0.39, 0.29) is 12.4 Å². The van der Waals surface area contributed by atoms with E-state index in [2.05, 4.69) is 25.3 Å². The second-order valence-corrected chi connectivity index (χ2v) is 6.81. The fourth-order valence-electron chi connectivity index (χ4n) is 3.58. The Balaban J connectivity index is 1.68. The molecule has 8 nitrogen and oxygen atoms in total. The molecular formula is C21H18FN7O. The van der Waals surface area contributed by atoms with Gasteiger partial charge in [-0.3, -0.25) is 4.57 Å². The number of nitrogens with zero attached hydrogens (tertiary/aromatic N) is 5. The molecule has 150 valence electrons. The van der Waals surface area contributed by atoms with E-state index >= 15 is 0 Å². The fraction of sp³-hybridized carbons (Fsp3) is 0.143. The standard InChI is InChI=1S/C21H18FN7O/c22-13-6-7-15-17(10-13)29(14-4-2-1-3-5-14)21(28-15)16(8-9-30)27-20-18-19(24-11-23-18)25-12-26-20/h1-7,10-12,16,30H,8-9H2,(H2,23,24,25,26,27)/t16-/m0/s1. The van der Waals surface area contributed by atoms with E-state index in [1.54, 1.807) is 12.4 Å². The van der Waals surface area contributed by atoms with E-state index in [9.17, 15) is 9.50 Å². The molecule has 3 N–H and O–H groups in total. The number of imidazole rings is 2. The number of anilines is 1. The molecule has 0 saturated carbocycles. The highest BCUT2D eigenvalue weighted by atomic mass is 19.1. The van der Waals surface area contributed by atoms with Crippen molar-refractivity contribution in [3.63, 3.8) is 0 Å². The molecule has 0 bridgehead atoms. The minimum absolute atomic E-state index is 0.0706. The molecule has 0 aliphatic heterocycles. The molecule has 3 aromatic heterocycles. The molecule has 30 heavy (non-hydrogen) atoms. The molecule has 0 unspecified atom stereocenters. The van der Waals surface area contributed by atoms with Crippen molar-refractivity contribution >= 4 is 28.0 Å². The lowest BCUT2D eigenvalue weighted by Crippen LogP contribution is -2.18. The van der Waals surface area contributed by atoms with Gasteiger partial charge in [-0.2, -0.15) is 0 Å². The lowest BCUT2D eigenvalue weighted by molar-refractivity contribution is 0.278. The summed E-state index contributed by atoms with van der Waals surface area (Å²) in [6, 6.07) is 13.7. The van der Waals surface area contributed by atoms with Gasteiger partial charge in [-0.1, -0.05) is 18.2 Å². The summed E-state index contributed by atoms with van der Waals surface area (Å²) in [4.78, 5) is 20.5. The van der Waals surface area contributed by atoms with Crippen molar-refractivity contribution in [3.05, 3.63) is 72.8 Å². The van der Waals surface area contributed by atoms with Crippen LogP contribution in [0.25, 0.3) is 27.9 Å². The summed E-state index contributed by atoms with van der Waals surface area (Å²) in [7, 11) is 0. The number of aliphatic hydroxyl groups excluding tert-OH is 1. The van der Waals surface area contributed by atoms with E-state index in [0.717, 1.165) is 5.69 Å². The van der Waals surface area contributed by atoms with Crippen LogP contribution in [0.3, 0.4) is 0 Å². The Morgan fingerprint density at radius 1 is 1.10 bits per heavy atom. The second-order valence-electron chi connectivity index (χ2n) is 6.81. The van der Waals surface area contributed by atoms with Gasteiger partial charge in [0.2, 0.25) is 0 Å². The lowest BCUT2D eigenvalue weighted by atomic mass is 10.2. The van der Waals surface area contributed by atoms with Gasteiger partial charge in [0.25, 0.3) is 0 Å². The smallest absolute Gasteiger partial charge is 0.162 e. The van der Waals surface area contributed by atoms with Gasteiger partial charge in [0.1, 0.15) is 23.5 Å². The molecule has 5 rings (SSSR count). The van der Waals surface area contributed by atoms with Crippen LogP contribution in [0.2, 0.25) is 0 Å². The Bertz CT molecular complexity index is 1320. The monoisotopic (exact) mass is 403 g/mol. The van der Waals surface area contributed by atoms with Crippen LogP contribution in [-0.2, 0) is 0 Å². The minimum atomic E-state index is -0.402. The van der Waals surface area contributed by atoms with Gasteiger partial charge in [0, 0.05) is 18.4 Å². The van der Waals surface area contributed by atoms with Crippen LogP contribution in [0.4, 0.5) is 10.2 Å². The Labute approximate surface area is 170 Å². The van der Waals surface area contributed by atoms with Crippen LogP contribution in [-0.4, -0.2) is 41.2 Å². The summed E-state index contributed by atoms with van der Waals surface area (Å²) in [5.74, 6) is 0.822. The van der Waals surface area contributed by atoms with Gasteiger partial charge < -0.3 is 15.4 Å². The summed E-state index contributed by atoms with van der Waals surface area (Å²) in [5, 5.41) is 13.1. The van der Waals surface area contributed by atoms with E-state index < -0.39 is 6.04 Å². The molecule has 9 heteroatoms. The average Bonchev–Trinajstić information content (AvgIpc) is 3.39. The summed E-state index contributed by atoms with van der Waals surface area (Å²) in [6.45, 7) is -0.0706. The maximum atomic E-state index is 14.1. The first-order valence-corrected chi connectivity index (χ1v) is 9.49. The third-order valence-corrected chi connectivity index (χ3v) is 4.91. The van der Waals surface area contributed by atoms with Crippen LogP contribution < -0.4 is 5.32 Å². The summed E-state index contributed by atoms with van der Waals surface area (Å²) >= 11 is 0. The number of aromatic amines is 1. The SMILES string of the molecule is OCC[C@H](Nc1ncnc2[nH]cnc12)c1nc2ccc(F)cc2n1-c1ccccc1. The van der Waals surface area contributed by atoms with Crippen LogP contribution >= 0.6 is 0 Å². The molecule has 0 fully saturated rings. The number of hydrogen-bond acceptors (Lipinski definition) is 6. The average molecular weight is 403 g/mol. The molecule has 0 spiro atoms. The highest BCUT2D eigenvalue weighted by molar-refractivity contribution is 5.82. The predicted molar refractivity (Wildman–Crippen MR) is 111 cm³/mol. The van der Waals surface area contributed by atoms with Gasteiger partial charge in [0.15, 0.2) is 11.5 Å². The van der Waals surface area contributed by atoms with Crippen LogP contribution in [0, 0.1) is 5.82 Å². The van der Waals surface area contributed by atoms with Crippen LogP contribution in [0.5, 0.6) is 0 Å². The van der Waals surface area contributed by atoms with Gasteiger partial charge in [-0.25, -0.2) is 24.3 Å². The quantitative estimate of drug-likeness (QED) is 0.402. The first-order chi connectivity index (χ1) is 14.7. The number of benzene rings is 2. The Morgan fingerprint density at radius 3 is 2.80 bits per heavy atom. The highest BCUT2D eigenvalue weighted by Gasteiger charge is 2.23. The van der Waals surface area contributed by atoms with Gasteiger partial charge in [-0.05, 0) is 30.7 Å². The van der Waals surface area contributed by atoms with Gasteiger partial charge in [-0.15, -0.1) is 0 Å². The first kappa shape index (κ1) is 18.2. The number of aromatic nitrogens is 6. The molecule has 0 aliphatic rings. The van der Waals surface area contributed by atoms with Crippen molar-refractivity contribution in [2.45, 2.75) is 12.5 Å². The number of H-pyrrole nitrogens is 1. The summed E-state index contributed by atoms with van der Waals surface area (Å²) < 4.78 is 15.9. The topological polar surface area (TPSA) is 105 Å². The van der Waals surface area contributed by atoms with Gasteiger partial charge >= 0.3 is 0 Å². The lowest BCUT2D eigenvalue weighted by Gasteiger charge is -2.20. The number of nitrogens with one attached hydrogen (secondary N) is 2. The number of fused-ring (bicyclic) bond motifs is 2. The molecule has 2 aromatic carbocycles. The van der Waals surface area contributed by atoms with E-state index in [4.69, 9.17) is 4.98 Å². The van der Waals surface area contributed by atoms with Crippen molar-refractivity contribution in [1.82, 2.24) is 29.5 Å². The molecule has 0 saturated heterocycles. The highest BCUT2D eigenvalue weighted by Crippen LogP contribution is 2.30. The molecule has 0 aliphatic carbocycles. The molecule has 1 atom stereocenters. The predicted octanol–water partition coefficient (Wildman–Crippen LogP) is 3.37. The second kappa shape index (κ2) is 7.53. The molecule has 5 aromatic rings. The zero-order valence-electron chi connectivity index (χ0n) is 15.8. The minimum Gasteiger partial charge on any atom is -0.396 e. The molecular weight excluding hydrogens is 385 g/mol. The maximum Gasteiger partial charge on any atom is 0.162 e. The molecule has 3 heterocycles. The van der Waals surface area contributed by atoms with Crippen molar-refractivity contribution in [1.29, 1.82) is 0 Å². The number of hydrogen-bond donors (Lipinski definition) is 3. The molecule has 0 amide bonds. The summed E-state index contributed by atoms with van der Waals surface area (Å²) in [6.07, 6.45) is 3.36. The van der Waals surface area contributed by atoms with Crippen molar-refractivity contribution in [3.8, 4) is 5.69 Å². The van der Waals surface area contributed by atoms with Crippen molar-refractivity contribution in [2.75, 3.05) is 11.9 Å². The Hall–Kier alpha value is -3.85. The third-order valence-electron chi connectivity index (χ3n) is 4.91. The number of aliphatic hydroxyl groups is 1. The normalized spacial score (nSPS) is 12.5. The zero-order chi connectivity index (χ0) is 20.5. The first-order valence-electron chi connectivity index (χ1n) is 9.49. The maximum absolute atomic E-state index is 14.1. The van der Waals surface area contributed by atoms with Gasteiger partial charge in [0.05, 0.1) is 23.4 Å². The van der Waals surface area contributed by atoms with Crippen molar-refractivity contribution in [2.24, 2.45) is 0 Å². The molecule has 0 radical (unpaired) electrons. The van der Waals surface area contributed by atoms with Crippen LogP contribution in [0.1, 0.15) is 18.3 Å². The summed E-state index contributed by atoms with van der Waals surface area (Å²) in [5.41, 5.74) is 3.35. The number of rotatable bonds is 6. The number of para-hydroxylation sites is 1. The van der Waals surface area contributed by atoms with Crippen molar-refractivity contribution < 1.29 is 9.50 Å². The van der Waals surface area contributed by atoms with Crippen LogP contribution in [0.15, 0.2) is 61.2 Å². The van der Waals surface area contributed by atoms with E-state index in [1.807, 2.05) is 34.9 Å². The fourth-order valence-corrected chi connectivity index (χ4v) is 3.58. The zero-order valence-corrected chi connectivity index (χ0v) is 15.8. The third kappa shape index (κ3) is 3.15. The number of halogens is 1. The van der Waals surface area contributed by atoms with E-state index in [0.29, 0.717) is 40.3 Å².